The highest BCUT2D eigenvalue weighted by Crippen LogP contribution is 2.42. The van der Waals surface area contributed by atoms with E-state index < -0.39 is 0 Å². The molecule has 3 aromatic carbocycles. The molecule has 2 nitrogen and oxygen atoms in total. The number of aromatic nitrogens is 2. The fourth-order valence-corrected chi connectivity index (χ4v) is 6.68. The Kier molecular flexibility index (Phi) is 3.75. The molecule has 0 amide bonds. The number of hydrogen-bond donors (Lipinski definition) is 0. The van der Waals surface area contributed by atoms with E-state index in [1.165, 1.54) is 64.7 Å². The monoisotopic (exact) mass is 448 g/mol. The van der Waals surface area contributed by atoms with Crippen molar-refractivity contribution in [3.8, 4) is 11.4 Å². The molecule has 0 aliphatic rings. The first-order valence-corrected chi connectivity index (χ1v) is 12.5. The molecule has 4 heteroatoms. The summed E-state index contributed by atoms with van der Waals surface area (Å²) in [5.74, 6) is 0. The van der Waals surface area contributed by atoms with Crippen LogP contribution >= 0.6 is 22.7 Å². The van der Waals surface area contributed by atoms with E-state index in [2.05, 4.69) is 107 Å². The Hall–Kier alpha value is -3.34. The van der Waals surface area contributed by atoms with Crippen LogP contribution in [-0.4, -0.2) is 9.13 Å². The van der Waals surface area contributed by atoms with E-state index in [1.54, 1.807) is 0 Å². The van der Waals surface area contributed by atoms with Crippen LogP contribution in [0.2, 0.25) is 0 Å². The maximum atomic E-state index is 2.42. The van der Waals surface area contributed by atoms with Gasteiger partial charge in [-0.15, -0.1) is 22.7 Å². The van der Waals surface area contributed by atoms with Gasteiger partial charge in [0.1, 0.15) is 0 Å². The van der Waals surface area contributed by atoms with Crippen molar-refractivity contribution in [1.29, 1.82) is 0 Å². The molecular weight excluding hydrogens is 428 g/mol. The van der Waals surface area contributed by atoms with Crippen molar-refractivity contribution in [2.75, 3.05) is 0 Å². The fraction of sp³-hybridized carbons (Fsp3) is 0.0714. The number of fused-ring (bicyclic) bond motifs is 6. The lowest BCUT2D eigenvalue weighted by atomic mass is 10.1. The lowest BCUT2D eigenvalue weighted by Gasteiger charge is -2.09. The maximum absolute atomic E-state index is 2.42. The summed E-state index contributed by atoms with van der Waals surface area (Å²) in [6, 6.07) is 27.0. The molecule has 0 spiro atoms. The molecule has 7 aromatic rings. The van der Waals surface area contributed by atoms with E-state index in [0.29, 0.717) is 0 Å². The van der Waals surface area contributed by atoms with E-state index in [-0.39, 0.29) is 0 Å². The molecule has 4 heterocycles. The van der Waals surface area contributed by atoms with Crippen LogP contribution in [0.5, 0.6) is 0 Å². The number of aryl methyl sites for hydroxylation is 2. The Morgan fingerprint density at radius 3 is 1.31 bits per heavy atom. The van der Waals surface area contributed by atoms with Gasteiger partial charge in [0.25, 0.3) is 0 Å². The summed E-state index contributed by atoms with van der Waals surface area (Å²) in [5.41, 5.74) is 10.1. The summed E-state index contributed by atoms with van der Waals surface area (Å²) in [5, 5.41) is 7.05. The van der Waals surface area contributed by atoms with Crippen molar-refractivity contribution in [3.63, 3.8) is 0 Å². The van der Waals surface area contributed by atoms with Gasteiger partial charge in [0.05, 0.1) is 31.5 Å². The highest BCUT2D eigenvalue weighted by molar-refractivity contribution is 7.18. The van der Waals surface area contributed by atoms with Gasteiger partial charge in [-0.25, -0.2) is 0 Å². The largest absolute Gasteiger partial charge is 0.308 e. The molecule has 0 aliphatic carbocycles. The van der Waals surface area contributed by atoms with E-state index in [1.807, 2.05) is 22.7 Å². The van der Waals surface area contributed by atoms with Crippen LogP contribution < -0.4 is 0 Å². The third-order valence-corrected chi connectivity index (χ3v) is 8.31. The molecule has 0 saturated carbocycles. The predicted molar refractivity (Wildman–Crippen MR) is 140 cm³/mol. The van der Waals surface area contributed by atoms with Crippen molar-refractivity contribution in [2.45, 2.75) is 13.8 Å². The topological polar surface area (TPSA) is 9.86 Å². The average molecular weight is 449 g/mol. The lowest BCUT2D eigenvalue weighted by molar-refractivity contribution is 1.17. The minimum absolute atomic E-state index is 1.22. The summed E-state index contributed by atoms with van der Waals surface area (Å²) in [6.07, 6.45) is 0. The Morgan fingerprint density at radius 1 is 0.500 bits per heavy atom. The number of hydrogen-bond acceptors (Lipinski definition) is 2. The van der Waals surface area contributed by atoms with E-state index in [0.717, 1.165) is 0 Å². The number of nitrogens with zero attached hydrogens (tertiary/aromatic N) is 2. The van der Waals surface area contributed by atoms with Crippen molar-refractivity contribution >= 4 is 64.9 Å². The minimum atomic E-state index is 1.22. The molecule has 0 atom stereocenters. The zero-order valence-electron chi connectivity index (χ0n) is 17.8. The minimum Gasteiger partial charge on any atom is -0.308 e. The van der Waals surface area contributed by atoms with Crippen LogP contribution in [0.25, 0.3) is 53.6 Å². The quantitative estimate of drug-likeness (QED) is 0.250. The highest BCUT2D eigenvalue weighted by Gasteiger charge is 2.19. The normalized spacial score (nSPS) is 12.1. The molecule has 0 aliphatic heterocycles. The summed E-state index contributed by atoms with van der Waals surface area (Å²) in [6.45, 7) is 4.28. The predicted octanol–water partition coefficient (Wildman–Crippen LogP) is 8.62. The second-order valence-electron chi connectivity index (χ2n) is 8.50. The molecule has 0 saturated heterocycles. The number of benzene rings is 3. The van der Waals surface area contributed by atoms with Crippen LogP contribution in [-0.2, 0) is 0 Å². The van der Waals surface area contributed by atoms with E-state index in [9.17, 15) is 0 Å². The van der Waals surface area contributed by atoms with Crippen LogP contribution in [0.15, 0.2) is 83.6 Å². The Morgan fingerprint density at radius 2 is 0.906 bits per heavy atom. The first-order chi connectivity index (χ1) is 15.7. The summed E-state index contributed by atoms with van der Waals surface area (Å²) in [7, 11) is 0. The fourth-order valence-electron chi connectivity index (χ4n) is 4.87. The van der Waals surface area contributed by atoms with Gasteiger partial charge in [-0.05, 0) is 73.1 Å². The van der Waals surface area contributed by atoms with Gasteiger partial charge in [0, 0.05) is 22.1 Å². The zero-order valence-corrected chi connectivity index (χ0v) is 19.4. The lowest BCUT2D eigenvalue weighted by Crippen LogP contribution is -1.94. The Bertz CT molecular complexity index is 1640. The smallest absolute Gasteiger partial charge is 0.0648 e. The van der Waals surface area contributed by atoms with Gasteiger partial charge in [0.2, 0.25) is 0 Å². The molecule has 0 radical (unpaired) electrons. The SMILES string of the molecule is Cc1ccc(-n2c3cc4c5sccc5n(-c5ccc(C)cc5)c4cc3c3sccc32)cc1. The second-order valence-corrected chi connectivity index (χ2v) is 10.3. The molecule has 0 N–H and O–H groups in total. The Balaban J connectivity index is 1.63. The van der Waals surface area contributed by atoms with Gasteiger partial charge in [-0.2, -0.15) is 0 Å². The summed E-state index contributed by atoms with van der Waals surface area (Å²) < 4.78 is 7.54. The van der Waals surface area contributed by atoms with Crippen LogP contribution in [0.4, 0.5) is 0 Å². The third-order valence-electron chi connectivity index (χ3n) is 6.44. The number of thiophene rings is 2. The van der Waals surface area contributed by atoms with Crippen molar-refractivity contribution in [3.05, 3.63) is 94.7 Å². The van der Waals surface area contributed by atoms with Gasteiger partial charge in [0.15, 0.2) is 0 Å². The second kappa shape index (κ2) is 6.58. The molecule has 7 rings (SSSR count). The standard InChI is InChI=1S/C28H20N2S2/c1-17-3-7-19(8-4-17)29-23-11-13-31-27(23)21-16-26-22(15-25(21)29)28-24(12-14-32-28)30(26)20-9-5-18(2)6-10-20/h3-16H,1-2H3. The molecule has 0 bridgehead atoms. The van der Waals surface area contributed by atoms with Crippen molar-refractivity contribution in [2.24, 2.45) is 0 Å². The molecule has 154 valence electrons. The van der Waals surface area contributed by atoms with E-state index in [4.69, 9.17) is 0 Å². The molecule has 0 fully saturated rings. The molecule has 32 heavy (non-hydrogen) atoms. The van der Waals surface area contributed by atoms with Crippen LogP contribution in [0.3, 0.4) is 0 Å². The summed E-state index contributed by atoms with van der Waals surface area (Å²) in [4.78, 5) is 0. The van der Waals surface area contributed by atoms with Crippen LogP contribution in [0.1, 0.15) is 11.1 Å². The van der Waals surface area contributed by atoms with Gasteiger partial charge in [-0.1, -0.05) is 35.4 Å². The third kappa shape index (κ3) is 2.45. The van der Waals surface area contributed by atoms with Crippen LogP contribution in [0, 0.1) is 13.8 Å². The maximum Gasteiger partial charge on any atom is 0.0648 e. The van der Waals surface area contributed by atoms with Gasteiger partial charge < -0.3 is 9.13 Å². The molecular formula is C28H20N2S2. The summed E-state index contributed by atoms with van der Waals surface area (Å²) >= 11 is 3.66. The first kappa shape index (κ1) is 18.3. The highest BCUT2D eigenvalue weighted by atomic mass is 32.1. The average Bonchev–Trinajstić information content (AvgIpc) is 3.55. The first-order valence-electron chi connectivity index (χ1n) is 10.8. The van der Waals surface area contributed by atoms with E-state index >= 15 is 0 Å². The van der Waals surface area contributed by atoms with Crippen molar-refractivity contribution < 1.29 is 0 Å². The Labute approximate surface area is 193 Å². The van der Waals surface area contributed by atoms with Gasteiger partial charge >= 0.3 is 0 Å². The molecule has 0 unspecified atom stereocenters. The number of rotatable bonds is 2. The zero-order chi connectivity index (χ0) is 21.4. The van der Waals surface area contributed by atoms with Gasteiger partial charge in [-0.3, -0.25) is 0 Å². The molecule has 4 aromatic heterocycles. The van der Waals surface area contributed by atoms with Crippen molar-refractivity contribution in [1.82, 2.24) is 9.13 Å².